The van der Waals surface area contributed by atoms with Crippen molar-refractivity contribution in [2.45, 2.75) is 19.8 Å². The van der Waals surface area contributed by atoms with E-state index >= 15 is 0 Å². The smallest absolute Gasteiger partial charge is 0.320 e. The predicted molar refractivity (Wildman–Crippen MR) is 76.0 cm³/mol. The minimum atomic E-state index is -1.04. The molecule has 3 rings (SSSR count). The monoisotopic (exact) mass is 284 g/mol. The summed E-state index contributed by atoms with van der Waals surface area (Å²) in [5.41, 5.74) is 0.757. The molecule has 5 nitrogen and oxygen atoms in total. The van der Waals surface area contributed by atoms with Gasteiger partial charge in [-0.2, -0.15) is 5.10 Å². The number of rotatable bonds is 4. The Labute approximate surface area is 122 Å². The first kappa shape index (κ1) is 13.5. The zero-order valence-electron chi connectivity index (χ0n) is 11.8. The molecule has 2 aromatic rings. The summed E-state index contributed by atoms with van der Waals surface area (Å²) in [4.78, 5) is 23.9. The third-order valence-electron chi connectivity index (χ3n) is 3.99. The number of hydrogen-bond acceptors (Lipinski definition) is 4. The summed E-state index contributed by atoms with van der Waals surface area (Å²) in [6, 6.07) is 9.69. The molecule has 0 bridgehead atoms. The Morgan fingerprint density at radius 2 is 2.14 bits per heavy atom. The summed E-state index contributed by atoms with van der Waals surface area (Å²) in [5, 5.41) is 4.30. The zero-order valence-corrected chi connectivity index (χ0v) is 11.8. The molecule has 0 saturated carbocycles. The van der Waals surface area contributed by atoms with Gasteiger partial charge in [0.15, 0.2) is 0 Å². The average molecular weight is 284 g/mol. The Kier molecular flexibility index (Phi) is 3.33. The lowest BCUT2D eigenvalue weighted by atomic mass is 9.78. The maximum absolute atomic E-state index is 11.9. The molecule has 0 amide bonds. The van der Waals surface area contributed by atoms with E-state index in [1.54, 1.807) is 10.9 Å². The number of nitrogens with zero attached hydrogens (tertiary/aromatic N) is 2. The number of carbonyl (C=O) groups excluding carboxylic acids is 2. The van der Waals surface area contributed by atoms with Crippen LogP contribution in [0.1, 0.15) is 18.9 Å². The van der Waals surface area contributed by atoms with Gasteiger partial charge >= 0.3 is 5.97 Å². The summed E-state index contributed by atoms with van der Waals surface area (Å²) in [7, 11) is 0. The van der Waals surface area contributed by atoms with Crippen molar-refractivity contribution in [1.82, 2.24) is 9.78 Å². The first-order valence-electron chi connectivity index (χ1n) is 6.89. The van der Waals surface area contributed by atoms with E-state index in [1.165, 1.54) is 6.92 Å². The van der Waals surface area contributed by atoms with Crippen LogP contribution in [0.2, 0.25) is 0 Å². The molecule has 2 heterocycles. The van der Waals surface area contributed by atoms with E-state index in [1.807, 2.05) is 36.5 Å². The number of carbonyl (C=O) groups is 2. The Balaban J connectivity index is 1.87. The van der Waals surface area contributed by atoms with E-state index in [4.69, 9.17) is 4.74 Å². The highest BCUT2D eigenvalue weighted by molar-refractivity contribution is 6.04. The SMILES string of the molecule is CC(=O)C1(Cc2cnn(-c3ccccc3)c2)CCOC1=O. The summed E-state index contributed by atoms with van der Waals surface area (Å²) in [5.74, 6) is -0.556. The lowest BCUT2D eigenvalue weighted by Crippen LogP contribution is -2.36. The highest BCUT2D eigenvalue weighted by Crippen LogP contribution is 2.35. The van der Waals surface area contributed by atoms with Crippen LogP contribution in [0.5, 0.6) is 0 Å². The van der Waals surface area contributed by atoms with Gasteiger partial charge in [-0.1, -0.05) is 18.2 Å². The van der Waals surface area contributed by atoms with Crippen LogP contribution < -0.4 is 0 Å². The molecule has 0 aliphatic carbocycles. The van der Waals surface area contributed by atoms with E-state index < -0.39 is 11.4 Å². The Bertz CT molecular complexity index is 678. The van der Waals surface area contributed by atoms with E-state index in [-0.39, 0.29) is 5.78 Å². The second-order valence-corrected chi connectivity index (χ2v) is 5.33. The van der Waals surface area contributed by atoms with Crippen molar-refractivity contribution in [3.8, 4) is 5.69 Å². The molecule has 5 heteroatoms. The van der Waals surface area contributed by atoms with Gasteiger partial charge in [0, 0.05) is 12.6 Å². The van der Waals surface area contributed by atoms with Crippen molar-refractivity contribution in [1.29, 1.82) is 0 Å². The normalized spacial score (nSPS) is 21.3. The fraction of sp³-hybridized carbons (Fsp3) is 0.312. The number of aromatic nitrogens is 2. The molecule has 1 saturated heterocycles. The molecule has 0 spiro atoms. The number of ketones is 1. The third-order valence-corrected chi connectivity index (χ3v) is 3.99. The van der Waals surface area contributed by atoms with Crippen molar-refractivity contribution in [3.63, 3.8) is 0 Å². The number of cyclic esters (lactones) is 1. The number of Topliss-reactive ketones (excluding diaryl/α,β-unsaturated/α-hetero) is 1. The lowest BCUT2D eigenvalue weighted by Gasteiger charge is -2.20. The zero-order chi connectivity index (χ0) is 14.9. The molecule has 1 aromatic carbocycles. The van der Waals surface area contributed by atoms with Crippen LogP contribution in [0.15, 0.2) is 42.7 Å². The van der Waals surface area contributed by atoms with Gasteiger partial charge in [-0.05, 0) is 31.0 Å². The van der Waals surface area contributed by atoms with Gasteiger partial charge in [0.1, 0.15) is 11.2 Å². The van der Waals surface area contributed by atoms with Crippen molar-refractivity contribution < 1.29 is 14.3 Å². The summed E-state index contributed by atoms with van der Waals surface area (Å²) < 4.78 is 6.75. The van der Waals surface area contributed by atoms with Gasteiger partial charge in [-0.25, -0.2) is 4.68 Å². The van der Waals surface area contributed by atoms with Crippen LogP contribution >= 0.6 is 0 Å². The topological polar surface area (TPSA) is 61.2 Å². The minimum Gasteiger partial charge on any atom is -0.465 e. The van der Waals surface area contributed by atoms with Crippen molar-refractivity contribution in [2.24, 2.45) is 5.41 Å². The number of benzene rings is 1. The number of ether oxygens (including phenoxy) is 1. The molecule has 0 radical (unpaired) electrons. The molecule has 108 valence electrons. The van der Waals surface area contributed by atoms with Gasteiger partial charge < -0.3 is 4.74 Å². The Morgan fingerprint density at radius 3 is 2.76 bits per heavy atom. The molecule has 1 aliphatic rings. The van der Waals surface area contributed by atoms with Gasteiger partial charge in [0.2, 0.25) is 0 Å². The molecule has 1 aliphatic heterocycles. The number of esters is 1. The van der Waals surface area contributed by atoms with Crippen molar-refractivity contribution >= 4 is 11.8 Å². The molecule has 1 unspecified atom stereocenters. The number of hydrogen-bond donors (Lipinski definition) is 0. The maximum Gasteiger partial charge on any atom is 0.320 e. The molecular formula is C16H16N2O3. The minimum absolute atomic E-state index is 0.141. The van der Waals surface area contributed by atoms with Gasteiger partial charge in [-0.15, -0.1) is 0 Å². The highest BCUT2D eigenvalue weighted by Gasteiger charge is 2.48. The summed E-state index contributed by atoms with van der Waals surface area (Å²) in [6.07, 6.45) is 4.33. The van der Waals surface area contributed by atoms with Crippen LogP contribution in [0.25, 0.3) is 5.69 Å². The van der Waals surface area contributed by atoms with Crippen LogP contribution in [0, 0.1) is 5.41 Å². The van der Waals surface area contributed by atoms with Crippen LogP contribution in [0.4, 0.5) is 0 Å². The van der Waals surface area contributed by atoms with Gasteiger partial charge in [0.25, 0.3) is 0 Å². The predicted octanol–water partition coefficient (Wildman–Crippen LogP) is 1.94. The van der Waals surface area contributed by atoms with Gasteiger partial charge in [-0.3, -0.25) is 9.59 Å². The second kappa shape index (κ2) is 5.16. The molecule has 1 fully saturated rings. The highest BCUT2D eigenvalue weighted by atomic mass is 16.5. The molecule has 0 N–H and O–H groups in total. The van der Waals surface area contributed by atoms with Crippen LogP contribution in [0.3, 0.4) is 0 Å². The maximum atomic E-state index is 11.9. The van der Waals surface area contributed by atoms with E-state index in [0.717, 1.165) is 11.3 Å². The van der Waals surface area contributed by atoms with E-state index in [9.17, 15) is 9.59 Å². The van der Waals surface area contributed by atoms with Crippen molar-refractivity contribution in [3.05, 3.63) is 48.3 Å². The Morgan fingerprint density at radius 1 is 1.38 bits per heavy atom. The lowest BCUT2D eigenvalue weighted by molar-refractivity contribution is -0.150. The molecule has 21 heavy (non-hydrogen) atoms. The van der Waals surface area contributed by atoms with Crippen LogP contribution in [-0.4, -0.2) is 28.1 Å². The van der Waals surface area contributed by atoms with E-state index in [2.05, 4.69) is 5.10 Å². The molecular weight excluding hydrogens is 268 g/mol. The van der Waals surface area contributed by atoms with Crippen molar-refractivity contribution in [2.75, 3.05) is 6.61 Å². The summed E-state index contributed by atoms with van der Waals surface area (Å²) in [6.45, 7) is 1.76. The fourth-order valence-corrected chi connectivity index (χ4v) is 2.68. The third kappa shape index (κ3) is 2.35. The quantitative estimate of drug-likeness (QED) is 0.636. The molecule has 1 aromatic heterocycles. The van der Waals surface area contributed by atoms with Gasteiger partial charge in [0.05, 0.1) is 18.5 Å². The largest absolute Gasteiger partial charge is 0.465 e. The first-order valence-corrected chi connectivity index (χ1v) is 6.89. The van der Waals surface area contributed by atoms with Crippen LogP contribution in [-0.2, 0) is 20.7 Å². The number of para-hydroxylation sites is 1. The van der Waals surface area contributed by atoms with E-state index in [0.29, 0.717) is 19.4 Å². The Hall–Kier alpha value is -2.43. The molecule has 1 atom stereocenters. The first-order chi connectivity index (χ1) is 10.1. The summed E-state index contributed by atoms with van der Waals surface area (Å²) >= 11 is 0. The fourth-order valence-electron chi connectivity index (χ4n) is 2.68. The average Bonchev–Trinajstić information content (AvgIpc) is 3.09. The second-order valence-electron chi connectivity index (χ2n) is 5.33. The standard InChI is InChI=1S/C16H16N2O3/c1-12(19)16(7-8-21-15(16)20)9-13-10-17-18(11-13)14-5-3-2-4-6-14/h2-6,10-11H,7-9H2,1H3.